The molecule has 0 bridgehead atoms. The van der Waals surface area contributed by atoms with E-state index in [4.69, 9.17) is 4.74 Å². The second-order valence-corrected chi connectivity index (χ2v) is 10.1. The van der Waals surface area contributed by atoms with Crippen LogP contribution >= 0.6 is 0 Å². The van der Waals surface area contributed by atoms with Gasteiger partial charge in [0.05, 0.1) is 17.5 Å². The third-order valence-electron chi connectivity index (χ3n) is 6.71. The van der Waals surface area contributed by atoms with Gasteiger partial charge in [-0.25, -0.2) is 5.01 Å². The molecule has 36 heavy (non-hydrogen) atoms. The van der Waals surface area contributed by atoms with Crippen LogP contribution in [0.4, 0.5) is 0 Å². The summed E-state index contributed by atoms with van der Waals surface area (Å²) in [6, 6.07) is 7.80. The highest BCUT2D eigenvalue weighted by Crippen LogP contribution is 2.35. The van der Waals surface area contributed by atoms with Crippen molar-refractivity contribution < 1.29 is 14.6 Å². The molecule has 2 aliphatic rings. The van der Waals surface area contributed by atoms with E-state index in [2.05, 4.69) is 22.1 Å². The number of benzene rings is 1. The summed E-state index contributed by atoms with van der Waals surface area (Å²) in [6.07, 6.45) is 10.6. The number of aromatic nitrogens is 1. The monoisotopic (exact) mass is 490 g/mol. The second-order valence-electron chi connectivity index (χ2n) is 10.1. The van der Waals surface area contributed by atoms with Crippen LogP contribution in [0.5, 0.6) is 0 Å². The standard InChI is InChI=1S/C28H34N4O4/c1-18(25-14-13-21(16-32(25)29-4)36-17-28(2,3)35)26(33)31-20-11-9-19(10-12-20)24-15-30-27(34)23-8-6-5-7-22(23)24/h5-8,13-16,19-20,35H,4,9-12,17H2,1-3H3,(H,30,34)(H,31,33)/b25-18+. The summed E-state index contributed by atoms with van der Waals surface area (Å²) >= 11 is 0. The molecule has 4 rings (SSSR count). The number of aromatic amines is 1. The number of amides is 1. The summed E-state index contributed by atoms with van der Waals surface area (Å²) in [7, 11) is 0. The number of nitrogens with zero attached hydrogens (tertiary/aromatic N) is 2. The predicted octanol–water partition coefficient (Wildman–Crippen LogP) is 4.06. The highest BCUT2D eigenvalue weighted by atomic mass is 16.5. The molecule has 2 heterocycles. The van der Waals surface area contributed by atoms with E-state index in [1.807, 2.05) is 30.5 Å². The number of carbonyl (C=O) groups is 1. The predicted molar refractivity (Wildman–Crippen MR) is 141 cm³/mol. The number of hydrogen-bond acceptors (Lipinski definition) is 6. The van der Waals surface area contributed by atoms with Crippen molar-refractivity contribution >= 4 is 23.4 Å². The number of carbonyl (C=O) groups excluding carboxylic acids is 1. The van der Waals surface area contributed by atoms with E-state index in [0.29, 0.717) is 22.9 Å². The van der Waals surface area contributed by atoms with Crippen LogP contribution in [0.3, 0.4) is 0 Å². The molecule has 190 valence electrons. The molecular formula is C28H34N4O4. The summed E-state index contributed by atoms with van der Waals surface area (Å²) in [5, 5.41) is 20.3. The Morgan fingerprint density at radius 3 is 2.58 bits per heavy atom. The first-order valence-electron chi connectivity index (χ1n) is 12.3. The van der Waals surface area contributed by atoms with E-state index in [1.165, 1.54) is 10.6 Å². The smallest absolute Gasteiger partial charge is 0.255 e. The van der Waals surface area contributed by atoms with E-state index in [1.54, 1.807) is 39.1 Å². The van der Waals surface area contributed by atoms with Gasteiger partial charge in [-0.05, 0) is 81.5 Å². The number of allylic oxidation sites excluding steroid dienone is 2. The molecule has 2 aromatic rings. The first-order chi connectivity index (χ1) is 17.2. The number of hydrogen-bond donors (Lipinski definition) is 3. The molecule has 1 fully saturated rings. The van der Waals surface area contributed by atoms with Crippen LogP contribution in [0.1, 0.15) is 57.9 Å². The number of pyridine rings is 1. The molecule has 1 amide bonds. The molecule has 0 atom stereocenters. The molecule has 1 aliphatic carbocycles. The highest BCUT2D eigenvalue weighted by Gasteiger charge is 2.26. The summed E-state index contributed by atoms with van der Waals surface area (Å²) < 4.78 is 5.62. The van der Waals surface area contributed by atoms with E-state index in [-0.39, 0.29) is 24.1 Å². The van der Waals surface area contributed by atoms with Gasteiger partial charge in [-0.1, -0.05) is 18.2 Å². The maximum Gasteiger partial charge on any atom is 0.255 e. The summed E-state index contributed by atoms with van der Waals surface area (Å²) in [4.78, 5) is 28.1. The fourth-order valence-electron chi connectivity index (χ4n) is 4.76. The minimum absolute atomic E-state index is 0.0654. The lowest BCUT2D eigenvalue weighted by Crippen LogP contribution is -2.38. The van der Waals surface area contributed by atoms with E-state index in [9.17, 15) is 14.7 Å². The number of aliphatic hydroxyl groups is 1. The van der Waals surface area contributed by atoms with Crippen molar-refractivity contribution in [1.82, 2.24) is 15.3 Å². The molecule has 8 nitrogen and oxygen atoms in total. The summed E-state index contributed by atoms with van der Waals surface area (Å²) in [5.74, 6) is 0.721. The van der Waals surface area contributed by atoms with Gasteiger partial charge in [0.15, 0.2) is 0 Å². The molecule has 0 unspecified atom stereocenters. The molecular weight excluding hydrogens is 456 g/mol. The van der Waals surface area contributed by atoms with Crippen molar-refractivity contribution in [3.63, 3.8) is 0 Å². The van der Waals surface area contributed by atoms with Crippen LogP contribution in [-0.2, 0) is 9.53 Å². The van der Waals surface area contributed by atoms with Gasteiger partial charge in [0.1, 0.15) is 12.4 Å². The molecule has 1 aromatic heterocycles. The molecule has 3 N–H and O–H groups in total. The van der Waals surface area contributed by atoms with Crippen LogP contribution < -0.4 is 10.9 Å². The van der Waals surface area contributed by atoms with Gasteiger partial charge >= 0.3 is 0 Å². The van der Waals surface area contributed by atoms with Gasteiger partial charge in [-0.2, -0.15) is 5.10 Å². The number of H-pyrrole nitrogens is 1. The number of fused-ring (bicyclic) bond motifs is 1. The quantitative estimate of drug-likeness (QED) is 0.401. The first kappa shape index (κ1) is 25.4. The number of hydrazone groups is 1. The fourth-order valence-corrected chi connectivity index (χ4v) is 4.76. The molecule has 0 saturated heterocycles. The third-order valence-corrected chi connectivity index (χ3v) is 6.71. The van der Waals surface area contributed by atoms with Gasteiger partial charge in [0, 0.05) is 29.9 Å². The van der Waals surface area contributed by atoms with Crippen molar-refractivity contribution in [2.24, 2.45) is 5.10 Å². The topological polar surface area (TPSA) is 107 Å². The average Bonchev–Trinajstić information content (AvgIpc) is 2.87. The van der Waals surface area contributed by atoms with Gasteiger partial charge in [0.25, 0.3) is 5.56 Å². The second kappa shape index (κ2) is 10.5. The van der Waals surface area contributed by atoms with Crippen LogP contribution in [0.15, 0.2) is 75.7 Å². The lowest BCUT2D eigenvalue weighted by molar-refractivity contribution is -0.118. The number of nitrogens with one attached hydrogen (secondary N) is 2. The highest BCUT2D eigenvalue weighted by molar-refractivity contribution is 5.94. The molecule has 0 radical (unpaired) electrons. The minimum Gasteiger partial charge on any atom is -0.489 e. The van der Waals surface area contributed by atoms with E-state index < -0.39 is 5.60 Å². The van der Waals surface area contributed by atoms with Crippen molar-refractivity contribution in [2.45, 2.75) is 64.0 Å². The van der Waals surface area contributed by atoms with Crippen molar-refractivity contribution in [2.75, 3.05) is 6.61 Å². The minimum atomic E-state index is -0.961. The number of rotatable bonds is 7. The van der Waals surface area contributed by atoms with Gasteiger partial charge in [-0.15, -0.1) is 0 Å². The van der Waals surface area contributed by atoms with E-state index in [0.717, 1.165) is 36.5 Å². The van der Waals surface area contributed by atoms with Crippen molar-refractivity contribution in [3.8, 4) is 0 Å². The molecule has 1 aliphatic heterocycles. The van der Waals surface area contributed by atoms with Crippen LogP contribution in [0.25, 0.3) is 10.8 Å². The Hall–Kier alpha value is -3.65. The Morgan fingerprint density at radius 2 is 1.92 bits per heavy atom. The Bertz CT molecular complexity index is 1290. The average molecular weight is 491 g/mol. The van der Waals surface area contributed by atoms with Gasteiger partial charge in [0.2, 0.25) is 5.91 Å². The van der Waals surface area contributed by atoms with Crippen LogP contribution in [0.2, 0.25) is 0 Å². The zero-order valence-electron chi connectivity index (χ0n) is 21.1. The third kappa shape index (κ3) is 5.76. The molecule has 1 aromatic carbocycles. The lowest BCUT2D eigenvalue weighted by atomic mass is 9.80. The molecule has 8 heteroatoms. The molecule has 0 spiro atoms. The Morgan fingerprint density at radius 1 is 1.22 bits per heavy atom. The molecule has 1 saturated carbocycles. The largest absolute Gasteiger partial charge is 0.489 e. The summed E-state index contributed by atoms with van der Waals surface area (Å²) in [6.45, 7) is 8.83. The van der Waals surface area contributed by atoms with E-state index >= 15 is 0 Å². The Balaban J connectivity index is 1.39. The number of ether oxygens (including phenoxy) is 1. The van der Waals surface area contributed by atoms with Crippen molar-refractivity contribution in [1.29, 1.82) is 0 Å². The van der Waals surface area contributed by atoms with Crippen LogP contribution in [-0.4, -0.2) is 46.0 Å². The maximum absolute atomic E-state index is 13.1. The van der Waals surface area contributed by atoms with Gasteiger partial charge in [-0.3, -0.25) is 9.59 Å². The zero-order valence-corrected chi connectivity index (χ0v) is 21.1. The zero-order chi connectivity index (χ0) is 25.9. The lowest BCUT2D eigenvalue weighted by Gasteiger charge is -2.30. The maximum atomic E-state index is 13.1. The van der Waals surface area contributed by atoms with Crippen molar-refractivity contribution in [3.05, 3.63) is 81.8 Å². The normalized spacial score (nSPS) is 21.7. The summed E-state index contributed by atoms with van der Waals surface area (Å²) in [5.41, 5.74) is 1.29. The Labute approximate surface area is 211 Å². The van der Waals surface area contributed by atoms with Crippen LogP contribution in [0, 0.1) is 0 Å². The fraction of sp³-hybridized carbons (Fsp3) is 0.393. The first-order valence-corrected chi connectivity index (χ1v) is 12.3. The Kier molecular flexibility index (Phi) is 7.45. The SMILES string of the molecule is C=NN1C=C(OCC(C)(C)O)C=C/C1=C(/C)C(=O)NC1CCC(c2c[nH]c(=O)c3ccccc23)CC1. The van der Waals surface area contributed by atoms with Gasteiger partial charge < -0.3 is 20.1 Å².